The van der Waals surface area contributed by atoms with Crippen molar-refractivity contribution < 1.29 is 24.2 Å². The summed E-state index contributed by atoms with van der Waals surface area (Å²) in [4.78, 5) is 23.5. The molecule has 1 heterocycles. The van der Waals surface area contributed by atoms with Gasteiger partial charge < -0.3 is 19.9 Å². The summed E-state index contributed by atoms with van der Waals surface area (Å²) in [7, 11) is 0. The number of para-hydroxylation sites is 1. The van der Waals surface area contributed by atoms with Crippen LogP contribution in [-0.4, -0.2) is 35.8 Å². The number of carbonyl (C=O) groups excluding carboxylic acids is 1. The van der Waals surface area contributed by atoms with E-state index in [-0.39, 0.29) is 18.6 Å². The van der Waals surface area contributed by atoms with E-state index in [2.05, 4.69) is 5.32 Å². The number of rotatable bonds is 7. The van der Waals surface area contributed by atoms with Crippen molar-refractivity contribution in [2.45, 2.75) is 31.1 Å². The molecule has 0 radical (unpaired) electrons. The molecular weight excluding hydrogens is 334 g/mol. The first-order valence-corrected chi connectivity index (χ1v) is 8.55. The fraction of sp³-hybridized carbons (Fsp3) is 0.300. The van der Waals surface area contributed by atoms with Gasteiger partial charge in [0.25, 0.3) is 0 Å². The zero-order valence-corrected chi connectivity index (χ0v) is 14.2. The lowest BCUT2D eigenvalue weighted by atomic mass is 10.1. The molecule has 1 fully saturated rings. The number of benzene rings is 2. The van der Waals surface area contributed by atoms with E-state index in [1.165, 1.54) is 0 Å². The molecular formula is C20H21NO5. The van der Waals surface area contributed by atoms with Crippen molar-refractivity contribution in [3.8, 4) is 5.75 Å². The van der Waals surface area contributed by atoms with E-state index in [4.69, 9.17) is 14.6 Å². The molecule has 2 aromatic rings. The van der Waals surface area contributed by atoms with Crippen LogP contribution in [0.3, 0.4) is 0 Å². The molecule has 3 atom stereocenters. The molecule has 2 aromatic carbocycles. The Balaban J connectivity index is 1.66. The van der Waals surface area contributed by atoms with Gasteiger partial charge in [-0.3, -0.25) is 4.79 Å². The van der Waals surface area contributed by atoms with Crippen molar-refractivity contribution >= 4 is 11.9 Å². The Morgan fingerprint density at radius 2 is 1.65 bits per heavy atom. The predicted molar refractivity (Wildman–Crippen MR) is 94.8 cm³/mol. The minimum Gasteiger partial charge on any atom is -0.491 e. The van der Waals surface area contributed by atoms with Crippen molar-refractivity contribution in [3.05, 3.63) is 66.2 Å². The van der Waals surface area contributed by atoms with E-state index in [1.54, 1.807) is 0 Å². The third-order valence-electron chi connectivity index (χ3n) is 4.27. The Labute approximate surface area is 151 Å². The SMILES string of the molecule is O=C(NC(COc1ccccc1)c1ccccc1)[C@@H]1CC[C@H](C(=O)O)O1. The lowest BCUT2D eigenvalue weighted by Gasteiger charge is -2.22. The van der Waals surface area contributed by atoms with Gasteiger partial charge in [-0.25, -0.2) is 4.79 Å². The molecule has 1 aliphatic heterocycles. The average Bonchev–Trinajstić information content (AvgIpc) is 3.17. The second-order valence-electron chi connectivity index (χ2n) is 6.12. The number of carbonyl (C=O) groups is 2. The van der Waals surface area contributed by atoms with Crippen molar-refractivity contribution in [1.82, 2.24) is 5.32 Å². The molecule has 1 aliphatic rings. The van der Waals surface area contributed by atoms with Crippen LogP contribution in [0.2, 0.25) is 0 Å². The standard InChI is InChI=1S/C20H21NO5/c22-19(17-11-12-18(26-17)20(23)24)21-16(14-7-3-1-4-8-14)13-25-15-9-5-2-6-10-15/h1-10,16-18H,11-13H2,(H,21,22)(H,23,24)/t16?,17-,18+/m0/s1. The molecule has 0 saturated carbocycles. The number of amides is 1. The Morgan fingerprint density at radius 3 is 2.27 bits per heavy atom. The minimum atomic E-state index is -1.03. The van der Waals surface area contributed by atoms with E-state index >= 15 is 0 Å². The smallest absolute Gasteiger partial charge is 0.332 e. The van der Waals surface area contributed by atoms with Crippen molar-refractivity contribution in [2.24, 2.45) is 0 Å². The second kappa shape index (κ2) is 8.49. The van der Waals surface area contributed by atoms with E-state index in [1.807, 2.05) is 60.7 Å². The zero-order chi connectivity index (χ0) is 18.4. The molecule has 0 spiro atoms. The van der Waals surface area contributed by atoms with Gasteiger partial charge in [-0.05, 0) is 30.5 Å². The highest BCUT2D eigenvalue weighted by atomic mass is 16.5. The maximum absolute atomic E-state index is 12.5. The van der Waals surface area contributed by atoms with Crippen LogP contribution >= 0.6 is 0 Å². The summed E-state index contributed by atoms with van der Waals surface area (Å²) in [6.07, 6.45) is -0.936. The monoisotopic (exact) mass is 355 g/mol. The van der Waals surface area contributed by atoms with Gasteiger partial charge in [-0.15, -0.1) is 0 Å². The predicted octanol–water partition coefficient (Wildman–Crippen LogP) is 2.56. The number of carboxylic acid groups (broad SMARTS) is 1. The van der Waals surface area contributed by atoms with Crippen LogP contribution in [0.15, 0.2) is 60.7 Å². The zero-order valence-electron chi connectivity index (χ0n) is 14.2. The number of hydrogen-bond donors (Lipinski definition) is 2. The highest BCUT2D eigenvalue weighted by molar-refractivity contribution is 5.83. The summed E-state index contributed by atoms with van der Waals surface area (Å²) >= 11 is 0. The van der Waals surface area contributed by atoms with Gasteiger partial charge in [-0.2, -0.15) is 0 Å². The van der Waals surface area contributed by atoms with Crippen LogP contribution in [-0.2, 0) is 14.3 Å². The van der Waals surface area contributed by atoms with Crippen LogP contribution < -0.4 is 10.1 Å². The molecule has 6 nitrogen and oxygen atoms in total. The third-order valence-corrected chi connectivity index (χ3v) is 4.27. The van der Waals surface area contributed by atoms with E-state index in [0.29, 0.717) is 18.6 Å². The van der Waals surface area contributed by atoms with E-state index in [9.17, 15) is 9.59 Å². The number of aliphatic carboxylic acids is 1. The number of ether oxygens (including phenoxy) is 2. The van der Waals surface area contributed by atoms with Crippen LogP contribution in [0.5, 0.6) is 5.75 Å². The first kappa shape index (κ1) is 17.9. The summed E-state index contributed by atoms with van der Waals surface area (Å²) < 4.78 is 11.1. The lowest BCUT2D eigenvalue weighted by molar-refractivity contribution is -0.152. The highest BCUT2D eigenvalue weighted by Gasteiger charge is 2.35. The summed E-state index contributed by atoms with van der Waals surface area (Å²) in [5.41, 5.74) is 0.907. The topological polar surface area (TPSA) is 84.9 Å². The number of nitrogens with one attached hydrogen (secondary N) is 1. The maximum atomic E-state index is 12.5. The van der Waals surface area contributed by atoms with E-state index < -0.39 is 18.2 Å². The van der Waals surface area contributed by atoms with Crippen LogP contribution in [0.1, 0.15) is 24.4 Å². The fourth-order valence-corrected chi connectivity index (χ4v) is 2.88. The molecule has 0 aromatic heterocycles. The van der Waals surface area contributed by atoms with Crippen molar-refractivity contribution in [1.29, 1.82) is 0 Å². The van der Waals surface area contributed by atoms with E-state index in [0.717, 1.165) is 5.56 Å². The molecule has 136 valence electrons. The van der Waals surface area contributed by atoms with Gasteiger partial charge in [-0.1, -0.05) is 48.5 Å². The average molecular weight is 355 g/mol. The summed E-state index contributed by atoms with van der Waals surface area (Å²) in [6.45, 7) is 0.259. The second-order valence-corrected chi connectivity index (χ2v) is 6.12. The van der Waals surface area contributed by atoms with Gasteiger partial charge in [0.15, 0.2) is 6.10 Å². The normalized spacial score (nSPS) is 20.3. The molecule has 2 N–H and O–H groups in total. The molecule has 0 bridgehead atoms. The fourth-order valence-electron chi connectivity index (χ4n) is 2.88. The van der Waals surface area contributed by atoms with Gasteiger partial charge in [0, 0.05) is 0 Å². The minimum absolute atomic E-state index is 0.259. The van der Waals surface area contributed by atoms with Gasteiger partial charge in [0.1, 0.15) is 18.5 Å². The molecule has 6 heteroatoms. The van der Waals surface area contributed by atoms with Crippen LogP contribution in [0.4, 0.5) is 0 Å². The molecule has 1 saturated heterocycles. The highest BCUT2D eigenvalue weighted by Crippen LogP contribution is 2.22. The van der Waals surface area contributed by atoms with Gasteiger partial charge in [0.05, 0.1) is 6.04 Å². The summed E-state index contributed by atoms with van der Waals surface area (Å²) in [5, 5.41) is 11.9. The summed E-state index contributed by atoms with van der Waals surface area (Å²) in [6, 6.07) is 18.5. The summed E-state index contributed by atoms with van der Waals surface area (Å²) in [5.74, 6) is -0.641. The first-order chi connectivity index (χ1) is 12.6. The van der Waals surface area contributed by atoms with Crippen LogP contribution in [0, 0.1) is 0 Å². The molecule has 1 unspecified atom stereocenters. The molecule has 26 heavy (non-hydrogen) atoms. The molecule has 0 aliphatic carbocycles. The van der Waals surface area contributed by atoms with Crippen molar-refractivity contribution in [2.75, 3.05) is 6.61 Å². The Hall–Kier alpha value is -2.86. The van der Waals surface area contributed by atoms with Crippen molar-refractivity contribution in [3.63, 3.8) is 0 Å². The Kier molecular flexibility index (Phi) is 5.86. The van der Waals surface area contributed by atoms with Gasteiger partial charge >= 0.3 is 5.97 Å². The quantitative estimate of drug-likeness (QED) is 0.797. The number of carboxylic acids is 1. The number of hydrogen-bond acceptors (Lipinski definition) is 4. The van der Waals surface area contributed by atoms with Gasteiger partial charge in [0.2, 0.25) is 5.91 Å². The maximum Gasteiger partial charge on any atom is 0.332 e. The molecule has 3 rings (SSSR count). The molecule has 1 amide bonds. The largest absolute Gasteiger partial charge is 0.491 e. The first-order valence-electron chi connectivity index (χ1n) is 8.55. The Bertz CT molecular complexity index is 734. The third kappa shape index (κ3) is 4.61. The Morgan fingerprint density at radius 1 is 1.04 bits per heavy atom. The van der Waals surface area contributed by atoms with Crippen LogP contribution in [0.25, 0.3) is 0 Å². The lowest BCUT2D eigenvalue weighted by Crippen LogP contribution is -2.39.